The first kappa shape index (κ1) is 27.6. The van der Waals surface area contributed by atoms with Crippen molar-refractivity contribution in [1.29, 1.82) is 0 Å². The number of halogens is 1. The van der Waals surface area contributed by atoms with Crippen molar-refractivity contribution in [2.75, 3.05) is 37.6 Å². The van der Waals surface area contributed by atoms with Crippen molar-refractivity contribution in [2.45, 2.75) is 75.6 Å². The van der Waals surface area contributed by atoms with Crippen LogP contribution in [0.5, 0.6) is 0 Å². The van der Waals surface area contributed by atoms with E-state index in [9.17, 15) is 13.2 Å². The van der Waals surface area contributed by atoms with Crippen molar-refractivity contribution in [3.8, 4) is 11.3 Å². The van der Waals surface area contributed by atoms with Crippen molar-refractivity contribution in [2.24, 2.45) is 0 Å². The lowest BCUT2D eigenvalue weighted by atomic mass is 9.81. The smallest absolute Gasteiger partial charge is 0.264 e. The molecule has 0 atom stereocenters. The molecule has 3 heterocycles. The van der Waals surface area contributed by atoms with Gasteiger partial charge in [0.25, 0.3) is 10.0 Å². The van der Waals surface area contributed by atoms with Gasteiger partial charge in [-0.25, -0.2) is 13.1 Å². The van der Waals surface area contributed by atoms with Gasteiger partial charge in [0.1, 0.15) is 0 Å². The van der Waals surface area contributed by atoms with Gasteiger partial charge in [-0.05, 0) is 80.6 Å². The highest BCUT2D eigenvalue weighted by molar-refractivity contribution is 7.90. The first-order chi connectivity index (χ1) is 19.3. The third kappa shape index (κ3) is 5.38. The van der Waals surface area contributed by atoms with E-state index in [2.05, 4.69) is 31.2 Å². The summed E-state index contributed by atoms with van der Waals surface area (Å²) in [4.78, 5) is 16.8. The number of benzene rings is 2. The Bertz CT molecular complexity index is 1520. The Labute approximate surface area is 242 Å². The number of likely N-dealkylation sites (tertiary alicyclic amines) is 1. The van der Waals surface area contributed by atoms with E-state index in [4.69, 9.17) is 11.6 Å². The lowest BCUT2D eigenvalue weighted by Crippen LogP contribution is -2.38. The number of carbonyl (C=O) groups excluding carboxylic acids is 1. The molecule has 7 nitrogen and oxygen atoms in total. The number of amides is 1. The monoisotopic (exact) mass is 582 g/mol. The largest absolute Gasteiger partial charge is 0.368 e. The number of hydrogen-bond donors (Lipinski definition) is 1. The molecule has 6 rings (SSSR count). The Kier molecular flexibility index (Phi) is 7.85. The molecule has 0 radical (unpaired) electrons. The van der Waals surface area contributed by atoms with Crippen molar-refractivity contribution in [3.05, 3.63) is 47.0 Å². The fraction of sp³-hybridized carbons (Fsp3) is 0.516. The maximum Gasteiger partial charge on any atom is 0.264 e. The number of hydrogen-bond acceptors (Lipinski definition) is 5. The fourth-order valence-corrected chi connectivity index (χ4v) is 8.26. The van der Waals surface area contributed by atoms with Crippen LogP contribution in [0.25, 0.3) is 22.2 Å². The lowest BCUT2D eigenvalue weighted by molar-refractivity contribution is -0.117. The summed E-state index contributed by atoms with van der Waals surface area (Å²) < 4.78 is 30.4. The van der Waals surface area contributed by atoms with Crippen LogP contribution in [0.4, 0.5) is 5.69 Å². The minimum absolute atomic E-state index is 0.119. The van der Waals surface area contributed by atoms with Gasteiger partial charge >= 0.3 is 0 Å². The molecule has 0 unspecified atom stereocenters. The van der Waals surface area contributed by atoms with Gasteiger partial charge in [-0.15, -0.1) is 0 Å². The number of carbonyl (C=O) groups is 1. The number of aromatic nitrogens is 1. The number of nitrogens with one attached hydrogen (secondary N) is 1. The van der Waals surface area contributed by atoms with E-state index in [0.29, 0.717) is 5.92 Å². The molecule has 9 heteroatoms. The van der Waals surface area contributed by atoms with E-state index in [0.717, 1.165) is 73.7 Å². The molecule has 40 heavy (non-hydrogen) atoms. The van der Waals surface area contributed by atoms with Crippen LogP contribution in [0.15, 0.2) is 41.3 Å². The van der Waals surface area contributed by atoms with Crippen LogP contribution in [0.2, 0.25) is 5.02 Å². The summed E-state index contributed by atoms with van der Waals surface area (Å²) in [5.41, 5.74) is 5.78. The first-order valence-corrected chi connectivity index (χ1v) is 16.6. The van der Waals surface area contributed by atoms with Crippen LogP contribution in [-0.2, 0) is 21.4 Å². The predicted octanol–water partition coefficient (Wildman–Crippen LogP) is 6.14. The molecule has 1 aromatic heterocycles. The lowest BCUT2D eigenvalue weighted by Gasteiger charge is -2.31. The summed E-state index contributed by atoms with van der Waals surface area (Å²) in [6.07, 6.45) is 9.83. The minimum atomic E-state index is -3.95. The van der Waals surface area contributed by atoms with Crippen molar-refractivity contribution in [3.63, 3.8) is 0 Å². The van der Waals surface area contributed by atoms with E-state index >= 15 is 0 Å². The fourth-order valence-electron chi connectivity index (χ4n) is 7.08. The van der Waals surface area contributed by atoms with Crippen molar-refractivity contribution < 1.29 is 13.2 Å². The van der Waals surface area contributed by atoms with Crippen LogP contribution in [0.3, 0.4) is 0 Å². The summed E-state index contributed by atoms with van der Waals surface area (Å²) >= 11 is 6.61. The number of rotatable bonds is 6. The van der Waals surface area contributed by atoms with Crippen LogP contribution in [0, 0.1) is 0 Å². The van der Waals surface area contributed by atoms with E-state index in [1.165, 1.54) is 62.3 Å². The predicted molar refractivity (Wildman–Crippen MR) is 162 cm³/mol. The molecule has 1 saturated heterocycles. The highest BCUT2D eigenvalue weighted by Gasteiger charge is 2.31. The van der Waals surface area contributed by atoms with E-state index < -0.39 is 15.9 Å². The van der Waals surface area contributed by atoms with Gasteiger partial charge < -0.3 is 14.4 Å². The SMILES string of the molecule is CC(=O)NS(=O)(=O)c1ccc2c(C3CCCCC3)c3n(c2c1)CCN(CCN1CCCCC1)c1cc(Cl)ccc1-3. The number of sulfonamides is 1. The number of anilines is 1. The second-order valence-corrected chi connectivity index (χ2v) is 13.8. The Hall–Kier alpha value is -2.55. The highest BCUT2D eigenvalue weighted by Crippen LogP contribution is 2.48. The van der Waals surface area contributed by atoms with Gasteiger partial charge in [0, 0.05) is 54.8 Å². The molecule has 214 valence electrons. The summed E-state index contributed by atoms with van der Waals surface area (Å²) in [6.45, 7) is 7.06. The molecule has 1 saturated carbocycles. The second kappa shape index (κ2) is 11.4. The van der Waals surface area contributed by atoms with E-state index in [1.807, 2.05) is 12.1 Å². The standard InChI is InChI=1S/C31H39ClN4O3S/c1-22(37)33-40(38,39)25-11-13-26-29(21-25)36-19-18-35(17-16-34-14-6-3-7-15-34)28-20-24(32)10-12-27(28)31(36)30(26)23-8-4-2-5-9-23/h10-13,20-21,23H,2-9,14-19H2,1H3,(H,33,37). The van der Waals surface area contributed by atoms with Gasteiger partial charge in [-0.2, -0.15) is 0 Å². The molecule has 0 bridgehead atoms. The maximum absolute atomic E-state index is 13.0. The van der Waals surface area contributed by atoms with Crippen LogP contribution in [0.1, 0.15) is 69.8 Å². The van der Waals surface area contributed by atoms with Gasteiger partial charge in [0.05, 0.1) is 16.1 Å². The Morgan fingerprint density at radius 1 is 0.925 bits per heavy atom. The number of fused-ring (bicyclic) bond motifs is 5. The molecular formula is C31H39ClN4O3S. The van der Waals surface area contributed by atoms with Crippen molar-refractivity contribution >= 4 is 44.1 Å². The molecule has 1 amide bonds. The zero-order valence-corrected chi connectivity index (χ0v) is 24.9. The summed E-state index contributed by atoms with van der Waals surface area (Å²) in [5, 5.41) is 1.85. The topological polar surface area (TPSA) is 74.6 Å². The molecular weight excluding hydrogens is 544 g/mol. The Balaban J connectivity index is 1.49. The molecule has 3 aromatic rings. The summed E-state index contributed by atoms with van der Waals surface area (Å²) in [5.74, 6) is -0.166. The van der Waals surface area contributed by atoms with Crippen LogP contribution < -0.4 is 9.62 Å². The zero-order valence-electron chi connectivity index (χ0n) is 23.3. The molecule has 1 aliphatic carbocycles. The molecule has 2 fully saturated rings. The molecule has 0 spiro atoms. The number of piperidine rings is 1. The molecule has 1 N–H and O–H groups in total. The van der Waals surface area contributed by atoms with Gasteiger partial charge in [0.15, 0.2) is 0 Å². The van der Waals surface area contributed by atoms with E-state index in [1.54, 1.807) is 12.1 Å². The Morgan fingerprint density at radius 3 is 2.42 bits per heavy atom. The zero-order chi connectivity index (χ0) is 27.9. The average Bonchev–Trinajstić information content (AvgIpc) is 3.18. The van der Waals surface area contributed by atoms with Crippen molar-refractivity contribution in [1.82, 2.24) is 14.2 Å². The second-order valence-electron chi connectivity index (χ2n) is 11.6. The summed E-state index contributed by atoms with van der Waals surface area (Å²) in [6, 6.07) is 11.6. The first-order valence-electron chi connectivity index (χ1n) is 14.8. The third-order valence-corrected chi connectivity index (χ3v) is 10.6. The average molecular weight is 583 g/mol. The molecule has 2 aromatic carbocycles. The minimum Gasteiger partial charge on any atom is -0.368 e. The van der Waals surface area contributed by atoms with Gasteiger partial charge in [-0.1, -0.05) is 43.4 Å². The van der Waals surface area contributed by atoms with Gasteiger partial charge in [-0.3, -0.25) is 4.79 Å². The third-order valence-electron chi connectivity index (χ3n) is 8.96. The van der Waals surface area contributed by atoms with Crippen LogP contribution in [-0.4, -0.2) is 56.5 Å². The van der Waals surface area contributed by atoms with E-state index in [-0.39, 0.29) is 4.90 Å². The highest BCUT2D eigenvalue weighted by atomic mass is 35.5. The van der Waals surface area contributed by atoms with Gasteiger partial charge in [0.2, 0.25) is 5.91 Å². The quantitative estimate of drug-likeness (QED) is 0.378. The normalized spacial score (nSPS) is 18.8. The summed E-state index contributed by atoms with van der Waals surface area (Å²) in [7, 11) is -3.95. The molecule has 3 aliphatic rings. The number of nitrogens with zero attached hydrogens (tertiary/aromatic N) is 3. The Morgan fingerprint density at radius 2 is 1.68 bits per heavy atom. The van der Waals surface area contributed by atoms with Crippen LogP contribution >= 0.6 is 11.6 Å². The maximum atomic E-state index is 13.0. The molecule has 2 aliphatic heterocycles.